The number of rotatable bonds is 1. The van der Waals surface area contributed by atoms with Crippen molar-refractivity contribution in [3.8, 4) is 11.5 Å². The number of fused-ring (bicyclic) bond motifs is 3. The summed E-state index contributed by atoms with van der Waals surface area (Å²) >= 11 is 0. The van der Waals surface area contributed by atoms with E-state index in [1.54, 1.807) is 6.07 Å². The molecule has 0 bridgehead atoms. The molecular formula is C15H21NO2. The first-order valence-electron chi connectivity index (χ1n) is 7.00. The fraction of sp³-hybridized carbons (Fsp3) is 0.600. The van der Waals surface area contributed by atoms with Gasteiger partial charge in [-0.25, -0.2) is 0 Å². The number of nitrogens with zero attached hydrogens (tertiary/aromatic N) is 1. The molecule has 1 heterocycles. The molecule has 1 aromatic rings. The van der Waals surface area contributed by atoms with Gasteiger partial charge in [0.1, 0.15) is 0 Å². The third kappa shape index (κ3) is 1.69. The molecule has 0 radical (unpaired) electrons. The Hall–Kier alpha value is -1.22. The Labute approximate surface area is 108 Å². The van der Waals surface area contributed by atoms with Gasteiger partial charge in [-0.1, -0.05) is 13.0 Å². The van der Waals surface area contributed by atoms with Crippen molar-refractivity contribution in [1.29, 1.82) is 0 Å². The second-order valence-electron chi connectivity index (χ2n) is 5.48. The van der Waals surface area contributed by atoms with E-state index in [1.807, 2.05) is 6.07 Å². The highest BCUT2D eigenvalue weighted by molar-refractivity contribution is 5.51. The standard InChI is InChI=1S/C15H21NO2/c1-2-16-9-3-4-11-10-6-8-14(17)15(18)12(10)5-7-13(11)16/h6,8,11,13,17-18H,2-5,7,9H2,1H3/t11-,13-/m0/s1. The predicted molar refractivity (Wildman–Crippen MR) is 71.1 cm³/mol. The normalized spacial score (nSPS) is 27.6. The molecule has 3 heteroatoms. The highest BCUT2D eigenvalue weighted by Crippen LogP contribution is 2.45. The summed E-state index contributed by atoms with van der Waals surface area (Å²) in [5.74, 6) is 0.670. The first-order valence-corrected chi connectivity index (χ1v) is 7.00. The van der Waals surface area contributed by atoms with Crippen molar-refractivity contribution in [2.24, 2.45) is 0 Å². The molecule has 1 aliphatic heterocycles. The lowest BCUT2D eigenvalue weighted by atomic mass is 9.74. The Morgan fingerprint density at radius 1 is 1.28 bits per heavy atom. The molecule has 1 aromatic carbocycles. The minimum atomic E-state index is 0.0235. The molecule has 0 unspecified atom stereocenters. The topological polar surface area (TPSA) is 43.7 Å². The van der Waals surface area contributed by atoms with Gasteiger partial charge in [-0.15, -0.1) is 0 Å². The number of likely N-dealkylation sites (N-methyl/N-ethyl adjacent to an activating group) is 1. The molecule has 18 heavy (non-hydrogen) atoms. The van der Waals surface area contributed by atoms with Crippen LogP contribution in [-0.4, -0.2) is 34.2 Å². The summed E-state index contributed by atoms with van der Waals surface area (Å²) in [6.45, 7) is 4.55. The fourth-order valence-electron chi connectivity index (χ4n) is 3.81. The van der Waals surface area contributed by atoms with Gasteiger partial charge in [0, 0.05) is 11.6 Å². The first kappa shape index (κ1) is 11.8. The number of likely N-dealkylation sites (tertiary alicyclic amines) is 1. The van der Waals surface area contributed by atoms with Crippen molar-refractivity contribution >= 4 is 0 Å². The number of phenols is 2. The molecule has 0 aromatic heterocycles. The zero-order valence-corrected chi connectivity index (χ0v) is 10.9. The monoisotopic (exact) mass is 247 g/mol. The second-order valence-corrected chi connectivity index (χ2v) is 5.48. The lowest BCUT2D eigenvalue weighted by Gasteiger charge is -2.44. The number of phenolic OH excluding ortho intramolecular Hbond substituents is 2. The predicted octanol–water partition coefficient (Wildman–Crippen LogP) is 2.61. The van der Waals surface area contributed by atoms with Crippen LogP contribution in [-0.2, 0) is 6.42 Å². The highest BCUT2D eigenvalue weighted by Gasteiger charge is 2.36. The van der Waals surface area contributed by atoms with E-state index in [1.165, 1.54) is 24.9 Å². The molecule has 0 saturated carbocycles. The third-order valence-electron chi connectivity index (χ3n) is 4.69. The van der Waals surface area contributed by atoms with Gasteiger partial charge in [0.05, 0.1) is 0 Å². The van der Waals surface area contributed by atoms with Gasteiger partial charge in [0.25, 0.3) is 0 Å². The molecule has 2 atom stereocenters. The Bertz CT molecular complexity index is 458. The van der Waals surface area contributed by atoms with Crippen molar-refractivity contribution in [3.63, 3.8) is 0 Å². The van der Waals surface area contributed by atoms with Crippen molar-refractivity contribution in [3.05, 3.63) is 23.3 Å². The number of hydrogen-bond acceptors (Lipinski definition) is 3. The van der Waals surface area contributed by atoms with Gasteiger partial charge in [0.2, 0.25) is 0 Å². The molecule has 2 N–H and O–H groups in total. The van der Waals surface area contributed by atoms with E-state index >= 15 is 0 Å². The number of hydrogen-bond donors (Lipinski definition) is 2. The molecule has 3 rings (SSSR count). The summed E-state index contributed by atoms with van der Waals surface area (Å²) in [5.41, 5.74) is 2.24. The van der Waals surface area contributed by atoms with Gasteiger partial charge in [0.15, 0.2) is 11.5 Å². The Balaban J connectivity index is 2.00. The zero-order chi connectivity index (χ0) is 12.7. The van der Waals surface area contributed by atoms with Crippen LogP contribution >= 0.6 is 0 Å². The maximum atomic E-state index is 9.99. The van der Waals surface area contributed by atoms with Gasteiger partial charge < -0.3 is 15.1 Å². The van der Waals surface area contributed by atoms with E-state index in [9.17, 15) is 10.2 Å². The van der Waals surface area contributed by atoms with Crippen molar-refractivity contribution in [2.45, 2.75) is 44.6 Å². The van der Waals surface area contributed by atoms with Crippen LogP contribution in [0.15, 0.2) is 12.1 Å². The molecule has 2 aliphatic rings. The first-order chi connectivity index (χ1) is 8.72. The zero-order valence-electron chi connectivity index (χ0n) is 10.9. The Morgan fingerprint density at radius 2 is 2.11 bits per heavy atom. The van der Waals surface area contributed by atoms with E-state index in [-0.39, 0.29) is 11.5 Å². The van der Waals surface area contributed by atoms with Crippen molar-refractivity contribution < 1.29 is 10.2 Å². The van der Waals surface area contributed by atoms with E-state index in [0.717, 1.165) is 24.9 Å². The summed E-state index contributed by atoms with van der Waals surface area (Å²) in [4.78, 5) is 2.57. The number of piperidine rings is 1. The quantitative estimate of drug-likeness (QED) is 0.750. The van der Waals surface area contributed by atoms with E-state index in [2.05, 4.69) is 11.8 Å². The van der Waals surface area contributed by atoms with Crippen LogP contribution in [0.1, 0.15) is 43.2 Å². The van der Waals surface area contributed by atoms with Gasteiger partial charge >= 0.3 is 0 Å². The third-order valence-corrected chi connectivity index (χ3v) is 4.69. The Kier molecular flexibility index (Phi) is 2.94. The maximum Gasteiger partial charge on any atom is 0.160 e. The summed E-state index contributed by atoms with van der Waals surface area (Å²) in [6, 6.07) is 4.28. The molecule has 0 amide bonds. The number of aromatic hydroxyl groups is 2. The average molecular weight is 247 g/mol. The van der Waals surface area contributed by atoms with Gasteiger partial charge in [-0.05, 0) is 56.3 Å². The van der Waals surface area contributed by atoms with Crippen LogP contribution in [0, 0.1) is 0 Å². The van der Waals surface area contributed by atoms with E-state index in [4.69, 9.17) is 0 Å². The van der Waals surface area contributed by atoms with E-state index < -0.39 is 0 Å². The van der Waals surface area contributed by atoms with Crippen LogP contribution in [0.2, 0.25) is 0 Å². The Morgan fingerprint density at radius 3 is 2.89 bits per heavy atom. The highest BCUT2D eigenvalue weighted by atomic mass is 16.3. The van der Waals surface area contributed by atoms with E-state index in [0.29, 0.717) is 12.0 Å². The maximum absolute atomic E-state index is 9.99. The lowest BCUT2D eigenvalue weighted by Crippen LogP contribution is -2.46. The average Bonchev–Trinajstić information content (AvgIpc) is 2.41. The summed E-state index contributed by atoms with van der Waals surface area (Å²) in [6.07, 6.45) is 4.42. The molecule has 1 aliphatic carbocycles. The van der Waals surface area contributed by atoms with Gasteiger partial charge in [-0.2, -0.15) is 0 Å². The summed E-state index contributed by atoms with van der Waals surface area (Å²) < 4.78 is 0. The van der Waals surface area contributed by atoms with Crippen molar-refractivity contribution in [2.75, 3.05) is 13.1 Å². The second kappa shape index (κ2) is 4.47. The molecular weight excluding hydrogens is 226 g/mol. The fourth-order valence-corrected chi connectivity index (χ4v) is 3.81. The van der Waals surface area contributed by atoms with Crippen LogP contribution in [0.3, 0.4) is 0 Å². The van der Waals surface area contributed by atoms with Gasteiger partial charge in [-0.3, -0.25) is 0 Å². The van der Waals surface area contributed by atoms with Crippen LogP contribution in [0.4, 0.5) is 0 Å². The molecule has 1 fully saturated rings. The van der Waals surface area contributed by atoms with Crippen LogP contribution < -0.4 is 0 Å². The molecule has 0 spiro atoms. The largest absolute Gasteiger partial charge is 0.504 e. The smallest absolute Gasteiger partial charge is 0.160 e. The van der Waals surface area contributed by atoms with Crippen LogP contribution in [0.5, 0.6) is 11.5 Å². The number of benzene rings is 1. The lowest BCUT2D eigenvalue weighted by molar-refractivity contribution is 0.118. The molecule has 98 valence electrons. The molecule has 3 nitrogen and oxygen atoms in total. The molecule has 1 saturated heterocycles. The minimum absolute atomic E-state index is 0.0235. The van der Waals surface area contributed by atoms with Crippen molar-refractivity contribution in [1.82, 2.24) is 4.90 Å². The minimum Gasteiger partial charge on any atom is -0.504 e. The van der Waals surface area contributed by atoms with Crippen LogP contribution in [0.25, 0.3) is 0 Å². The summed E-state index contributed by atoms with van der Waals surface area (Å²) in [7, 11) is 0. The SMILES string of the molecule is CCN1CCC[C@H]2c3ccc(O)c(O)c3CC[C@@H]21. The summed E-state index contributed by atoms with van der Waals surface area (Å²) in [5, 5.41) is 19.6.